The molecule has 6 heteroatoms. The van der Waals surface area contributed by atoms with Crippen molar-refractivity contribution in [2.24, 2.45) is 0 Å². The summed E-state index contributed by atoms with van der Waals surface area (Å²) in [5.41, 5.74) is 0.234. The lowest BCUT2D eigenvalue weighted by Crippen LogP contribution is -2.12. The highest BCUT2D eigenvalue weighted by Gasteiger charge is 2.19. The van der Waals surface area contributed by atoms with Crippen molar-refractivity contribution >= 4 is 17.9 Å². The van der Waals surface area contributed by atoms with Crippen LogP contribution in [-0.4, -0.2) is 28.1 Å². The van der Waals surface area contributed by atoms with Crippen LogP contribution in [-0.2, 0) is 19.1 Å². The van der Waals surface area contributed by atoms with E-state index in [9.17, 15) is 24.6 Å². The summed E-state index contributed by atoms with van der Waals surface area (Å²) in [6.45, 7) is 8.80. The Morgan fingerprint density at radius 2 is 1.03 bits per heavy atom. The van der Waals surface area contributed by atoms with Crippen molar-refractivity contribution < 1.29 is 29.3 Å². The molecule has 30 heavy (non-hydrogen) atoms. The number of rotatable bonds is 17. The van der Waals surface area contributed by atoms with Gasteiger partial charge in [-0.1, -0.05) is 84.6 Å². The molecule has 0 heterocycles. The Bertz CT molecular complexity index is 486. The average molecular weight is 427 g/mol. The second-order valence-electron chi connectivity index (χ2n) is 7.38. The van der Waals surface area contributed by atoms with E-state index in [0.717, 1.165) is 44.8 Å². The molecule has 0 aliphatic carbocycles. The Morgan fingerprint density at radius 1 is 0.700 bits per heavy atom. The van der Waals surface area contributed by atoms with Crippen LogP contribution in [0, 0.1) is 0 Å². The lowest BCUT2D eigenvalue weighted by Gasteiger charge is -2.09. The van der Waals surface area contributed by atoms with Crippen LogP contribution >= 0.6 is 0 Å². The van der Waals surface area contributed by atoms with Crippen LogP contribution in [0.3, 0.4) is 0 Å². The fourth-order valence-electron chi connectivity index (χ4n) is 3.06. The smallest absolute Gasteiger partial charge is 0.332 e. The summed E-state index contributed by atoms with van der Waals surface area (Å²) in [6, 6.07) is 0. The van der Waals surface area contributed by atoms with Crippen LogP contribution in [0.25, 0.3) is 0 Å². The molecule has 0 amide bonds. The van der Waals surface area contributed by atoms with E-state index in [2.05, 4.69) is 25.2 Å². The van der Waals surface area contributed by atoms with E-state index in [1.54, 1.807) is 0 Å². The molecule has 0 aliphatic rings. The highest BCUT2D eigenvalue weighted by atomic mass is 16.5. The zero-order valence-corrected chi connectivity index (χ0v) is 19.2. The van der Waals surface area contributed by atoms with Gasteiger partial charge < -0.3 is 14.9 Å². The maximum atomic E-state index is 11.5. The van der Waals surface area contributed by atoms with Crippen molar-refractivity contribution in [1.82, 2.24) is 0 Å². The normalized spacial score (nSPS) is 11.0. The van der Waals surface area contributed by atoms with Crippen molar-refractivity contribution in [1.29, 1.82) is 0 Å². The van der Waals surface area contributed by atoms with Crippen LogP contribution in [0.2, 0.25) is 0 Å². The number of esters is 1. The van der Waals surface area contributed by atoms with Gasteiger partial charge in [0.2, 0.25) is 0 Å². The summed E-state index contributed by atoms with van der Waals surface area (Å²) < 4.78 is 4.17. The number of hydrogen-bond donors (Lipinski definition) is 2. The van der Waals surface area contributed by atoms with E-state index in [-0.39, 0.29) is 17.1 Å². The first kappa shape index (κ1) is 30.1. The molecule has 0 radical (unpaired) electrons. The van der Waals surface area contributed by atoms with E-state index in [4.69, 9.17) is 0 Å². The summed E-state index contributed by atoms with van der Waals surface area (Å²) in [5, 5.41) is 18.8. The number of carboxylic acid groups (broad SMARTS) is 2. The van der Waals surface area contributed by atoms with E-state index in [0.29, 0.717) is 12.8 Å². The molecule has 0 rings (SSSR count). The van der Waals surface area contributed by atoms with E-state index in [1.807, 2.05) is 0 Å². The maximum Gasteiger partial charge on any atom is 0.332 e. The molecule has 0 fully saturated rings. The van der Waals surface area contributed by atoms with Gasteiger partial charge in [-0.05, 0) is 25.7 Å². The molecule has 0 unspecified atom stereocenters. The van der Waals surface area contributed by atoms with Gasteiger partial charge >= 0.3 is 17.9 Å². The summed E-state index contributed by atoms with van der Waals surface area (Å²) in [6.07, 6.45) is 14.6. The topological polar surface area (TPSA) is 101 Å². The van der Waals surface area contributed by atoms with Gasteiger partial charge in [-0.25, -0.2) is 9.59 Å². The van der Waals surface area contributed by atoms with Crippen LogP contribution in [0.4, 0.5) is 0 Å². The Labute approximate surface area is 182 Å². The number of aliphatic carboxylic acids is 2. The fourth-order valence-corrected chi connectivity index (χ4v) is 3.06. The third-order valence-electron chi connectivity index (χ3n) is 4.69. The third kappa shape index (κ3) is 19.2. The summed E-state index contributed by atoms with van der Waals surface area (Å²) in [4.78, 5) is 32.7. The van der Waals surface area contributed by atoms with Gasteiger partial charge in [0.25, 0.3) is 0 Å². The van der Waals surface area contributed by atoms with Crippen molar-refractivity contribution in [2.45, 2.75) is 111 Å². The first-order chi connectivity index (χ1) is 14.3. The van der Waals surface area contributed by atoms with E-state index in [1.165, 1.54) is 45.4 Å². The number of carbonyl (C=O) groups is 3. The average Bonchev–Trinajstić information content (AvgIpc) is 2.67. The zero-order chi connectivity index (χ0) is 23.2. The van der Waals surface area contributed by atoms with E-state index >= 15 is 0 Å². The van der Waals surface area contributed by atoms with Crippen molar-refractivity contribution in [2.75, 3.05) is 0 Å². The lowest BCUT2D eigenvalue weighted by molar-refractivity contribution is -0.136. The number of ether oxygens (including phenoxy) is 1. The van der Waals surface area contributed by atoms with Gasteiger partial charge in [0.1, 0.15) is 0 Å². The first-order valence-electron chi connectivity index (χ1n) is 11.3. The summed E-state index contributed by atoms with van der Waals surface area (Å²) >= 11 is 0. The van der Waals surface area contributed by atoms with E-state index < -0.39 is 11.9 Å². The minimum absolute atomic E-state index is 0.117. The largest absolute Gasteiger partial charge is 0.478 e. The van der Waals surface area contributed by atoms with Crippen LogP contribution in [0.15, 0.2) is 24.0 Å². The number of hydrogen-bond acceptors (Lipinski definition) is 4. The SMILES string of the molecule is C=COC(C)=O.CCCCCCCC/C(C(=O)O)=C(\CCCCCCCC)C(=O)O. The molecule has 0 aromatic rings. The predicted octanol–water partition coefficient (Wildman–Crippen LogP) is 6.65. The Hall–Kier alpha value is -2.11. The monoisotopic (exact) mass is 426 g/mol. The second-order valence-corrected chi connectivity index (χ2v) is 7.38. The number of carbonyl (C=O) groups excluding carboxylic acids is 1. The molecule has 174 valence electrons. The number of carboxylic acids is 2. The highest BCUT2D eigenvalue weighted by molar-refractivity contribution is 5.98. The molecular formula is C24H42O6. The van der Waals surface area contributed by atoms with Crippen molar-refractivity contribution in [3.8, 4) is 0 Å². The van der Waals surface area contributed by atoms with Crippen LogP contribution in [0.5, 0.6) is 0 Å². The molecule has 0 saturated carbocycles. The molecule has 0 spiro atoms. The lowest BCUT2D eigenvalue weighted by atomic mass is 9.96. The Kier molecular flexibility index (Phi) is 21.7. The summed E-state index contributed by atoms with van der Waals surface area (Å²) in [5.74, 6) is -2.45. The molecule has 0 aromatic carbocycles. The molecule has 2 N–H and O–H groups in total. The summed E-state index contributed by atoms with van der Waals surface area (Å²) in [7, 11) is 0. The predicted molar refractivity (Wildman–Crippen MR) is 120 cm³/mol. The second kappa shape index (κ2) is 21.6. The minimum Gasteiger partial charge on any atom is -0.478 e. The van der Waals surface area contributed by atoms with Crippen LogP contribution in [0.1, 0.15) is 111 Å². The van der Waals surface area contributed by atoms with Gasteiger partial charge in [0.15, 0.2) is 0 Å². The van der Waals surface area contributed by atoms with Gasteiger partial charge in [-0.15, -0.1) is 0 Å². The Balaban J connectivity index is 0. The molecular weight excluding hydrogens is 384 g/mol. The molecule has 6 nitrogen and oxygen atoms in total. The third-order valence-corrected chi connectivity index (χ3v) is 4.69. The van der Waals surface area contributed by atoms with Gasteiger partial charge in [0.05, 0.1) is 6.26 Å². The fraction of sp³-hybridized carbons (Fsp3) is 0.708. The van der Waals surface area contributed by atoms with Crippen molar-refractivity contribution in [3.05, 3.63) is 24.0 Å². The zero-order valence-electron chi connectivity index (χ0n) is 19.2. The molecule has 0 saturated heterocycles. The number of unbranched alkanes of at least 4 members (excludes halogenated alkanes) is 10. The van der Waals surface area contributed by atoms with Gasteiger partial charge in [-0.3, -0.25) is 4.79 Å². The quantitative estimate of drug-likeness (QED) is 0.117. The van der Waals surface area contributed by atoms with Crippen LogP contribution < -0.4 is 0 Å². The standard InChI is InChI=1S/C20H36O4.C4H6O2/c1-3-5-7-9-11-13-15-17(19(21)22)18(20(23)24)16-14-12-10-8-6-4-2;1-3-6-4(2)5/h3-16H2,1-2H3,(H,21,22)(H,23,24);3H,1H2,2H3/b18-17-;. The minimum atomic E-state index is -1.06. The molecule has 0 aliphatic heterocycles. The molecule has 0 atom stereocenters. The molecule has 0 bridgehead atoms. The van der Waals surface area contributed by atoms with Gasteiger partial charge in [0, 0.05) is 18.1 Å². The first-order valence-corrected chi connectivity index (χ1v) is 11.3. The van der Waals surface area contributed by atoms with Crippen molar-refractivity contribution in [3.63, 3.8) is 0 Å². The van der Waals surface area contributed by atoms with Gasteiger partial charge in [-0.2, -0.15) is 0 Å². The maximum absolute atomic E-state index is 11.5. The molecule has 0 aromatic heterocycles. The highest BCUT2D eigenvalue weighted by Crippen LogP contribution is 2.21. The Morgan fingerprint density at radius 3 is 1.27 bits per heavy atom.